The Morgan fingerprint density at radius 3 is 2.69 bits per heavy atom. The third-order valence-corrected chi connectivity index (χ3v) is 3.52. The van der Waals surface area contributed by atoms with Gasteiger partial charge in [0.15, 0.2) is 0 Å². The van der Waals surface area contributed by atoms with Gasteiger partial charge in [0, 0.05) is 6.04 Å². The highest BCUT2D eigenvalue weighted by Gasteiger charge is 2.29. The smallest absolute Gasteiger partial charge is 0.123 e. The van der Waals surface area contributed by atoms with Gasteiger partial charge in [-0.25, -0.2) is 4.39 Å². The fourth-order valence-electron chi connectivity index (χ4n) is 2.69. The lowest BCUT2D eigenvalue weighted by atomic mass is 9.85. The molecule has 0 saturated carbocycles. The Hall–Kier alpha value is -0.930. The van der Waals surface area contributed by atoms with Crippen LogP contribution in [0.5, 0.6) is 0 Å². The molecule has 2 rings (SSSR count). The molecule has 2 unspecified atom stereocenters. The normalized spacial score (nSPS) is 26.9. The maximum absolute atomic E-state index is 12.9. The molecule has 1 aromatic carbocycles. The monoisotopic (exact) mass is 222 g/mol. The number of piperidine rings is 1. The van der Waals surface area contributed by atoms with Crippen LogP contribution in [0.3, 0.4) is 0 Å². The third-order valence-electron chi connectivity index (χ3n) is 3.52. The second kappa shape index (κ2) is 4.93. The molecule has 1 aliphatic heterocycles. The van der Waals surface area contributed by atoms with Gasteiger partial charge in [-0.3, -0.25) is 4.90 Å². The fraction of sp³-hybridized carbons (Fsp3) is 0.538. The number of hydrogen-bond donors (Lipinski definition) is 1. The van der Waals surface area contributed by atoms with Crippen molar-refractivity contribution in [2.75, 3.05) is 20.1 Å². The molecule has 2 nitrogen and oxygen atoms in total. The fourth-order valence-corrected chi connectivity index (χ4v) is 2.69. The van der Waals surface area contributed by atoms with E-state index in [4.69, 9.17) is 5.73 Å². The zero-order chi connectivity index (χ0) is 11.5. The number of hydrogen-bond acceptors (Lipinski definition) is 2. The van der Waals surface area contributed by atoms with Gasteiger partial charge < -0.3 is 5.73 Å². The van der Waals surface area contributed by atoms with Gasteiger partial charge in [0.1, 0.15) is 5.82 Å². The van der Waals surface area contributed by atoms with Crippen molar-refractivity contribution >= 4 is 0 Å². The third kappa shape index (κ3) is 2.25. The lowest BCUT2D eigenvalue weighted by Gasteiger charge is -2.39. The Bertz CT molecular complexity index is 336. The second-order valence-corrected chi connectivity index (χ2v) is 4.62. The SMILES string of the molecule is CN1CCCC(CN)C1c1ccc(F)cc1. The van der Waals surface area contributed by atoms with Gasteiger partial charge in [0.05, 0.1) is 0 Å². The summed E-state index contributed by atoms with van der Waals surface area (Å²) in [6.45, 7) is 1.80. The maximum Gasteiger partial charge on any atom is 0.123 e. The number of nitrogens with two attached hydrogens (primary N) is 1. The molecule has 0 aromatic heterocycles. The second-order valence-electron chi connectivity index (χ2n) is 4.62. The first kappa shape index (κ1) is 11.6. The van der Waals surface area contributed by atoms with Crippen molar-refractivity contribution in [3.05, 3.63) is 35.6 Å². The first-order valence-corrected chi connectivity index (χ1v) is 5.88. The Kier molecular flexibility index (Phi) is 3.56. The highest BCUT2D eigenvalue weighted by molar-refractivity contribution is 5.21. The molecular weight excluding hydrogens is 203 g/mol. The van der Waals surface area contributed by atoms with Gasteiger partial charge in [-0.1, -0.05) is 12.1 Å². The van der Waals surface area contributed by atoms with Crippen LogP contribution < -0.4 is 5.73 Å². The summed E-state index contributed by atoms with van der Waals surface area (Å²) in [5.74, 6) is 0.315. The van der Waals surface area contributed by atoms with E-state index >= 15 is 0 Å². The number of benzene rings is 1. The van der Waals surface area contributed by atoms with Crippen LogP contribution in [-0.4, -0.2) is 25.0 Å². The van der Waals surface area contributed by atoms with E-state index < -0.39 is 0 Å². The van der Waals surface area contributed by atoms with E-state index in [1.165, 1.54) is 30.5 Å². The van der Waals surface area contributed by atoms with E-state index in [1.807, 2.05) is 12.1 Å². The highest BCUT2D eigenvalue weighted by Crippen LogP contribution is 2.34. The Balaban J connectivity index is 2.24. The van der Waals surface area contributed by atoms with Gasteiger partial charge in [-0.2, -0.15) is 0 Å². The maximum atomic E-state index is 12.9. The number of nitrogens with zero attached hydrogens (tertiary/aromatic N) is 1. The summed E-state index contributed by atoms with van der Waals surface area (Å²) < 4.78 is 12.9. The van der Waals surface area contributed by atoms with Crippen molar-refractivity contribution in [1.82, 2.24) is 4.90 Å². The van der Waals surface area contributed by atoms with Crippen molar-refractivity contribution in [1.29, 1.82) is 0 Å². The van der Waals surface area contributed by atoms with Gasteiger partial charge >= 0.3 is 0 Å². The van der Waals surface area contributed by atoms with E-state index in [2.05, 4.69) is 11.9 Å². The summed E-state index contributed by atoms with van der Waals surface area (Å²) in [4.78, 5) is 2.33. The highest BCUT2D eigenvalue weighted by atomic mass is 19.1. The minimum absolute atomic E-state index is 0.175. The zero-order valence-corrected chi connectivity index (χ0v) is 9.70. The quantitative estimate of drug-likeness (QED) is 0.831. The van der Waals surface area contributed by atoms with Crippen LogP contribution in [0.4, 0.5) is 4.39 Å². The van der Waals surface area contributed by atoms with Crippen LogP contribution in [0.1, 0.15) is 24.4 Å². The number of rotatable bonds is 2. The van der Waals surface area contributed by atoms with Crippen LogP contribution in [0, 0.1) is 11.7 Å². The van der Waals surface area contributed by atoms with Crippen molar-refractivity contribution < 1.29 is 4.39 Å². The summed E-state index contributed by atoms with van der Waals surface area (Å²) in [6, 6.07) is 7.17. The minimum atomic E-state index is -0.175. The predicted molar refractivity (Wildman–Crippen MR) is 63.5 cm³/mol. The van der Waals surface area contributed by atoms with E-state index in [0.29, 0.717) is 18.5 Å². The average Bonchev–Trinajstić information content (AvgIpc) is 2.30. The summed E-state index contributed by atoms with van der Waals surface area (Å²) in [6.07, 6.45) is 2.37. The molecule has 0 radical (unpaired) electrons. The molecule has 0 aliphatic carbocycles. The molecule has 0 bridgehead atoms. The van der Waals surface area contributed by atoms with Crippen molar-refractivity contribution in [2.45, 2.75) is 18.9 Å². The molecular formula is C13H19FN2. The molecule has 16 heavy (non-hydrogen) atoms. The zero-order valence-electron chi connectivity index (χ0n) is 9.70. The van der Waals surface area contributed by atoms with E-state index in [0.717, 1.165) is 6.54 Å². The van der Waals surface area contributed by atoms with Gasteiger partial charge in [0.25, 0.3) is 0 Å². The molecule has 1 heterocycles. The average molecular weight is 222 g/mol. The standard InChI is InChI=1S/C13H19FN2/c1-16-8-2-3-11(9-15)13(16)10-4-6-12(14)7-5-10/h4-7,11,13H,2-3,8-9,15H2,1H3. The van der Waals surface area contributed by atoms with E-state index in [-0.39, 0.29) is 5.82 Å². The molecule has 1 aliphatic rings. The summed E-state index contributed by atoms with van der Waals surface area (Å²) >= 11 is 0. The Morgan fingerprint density at radius 2 is 2.06 bits per heavy atom. The summed E-state index contributed by atoms with van der Waals surface area (Å²) in [7, 11) is 2.12. The summed E-state index contributed by atoms with van der Waals surface area (Å²) in [5.41, 5.74) is 7.00. The molecule has 88 valence electrons. The van der Waals surface area contributed by atoms with Crippen LogP contribution >= 0.6 is 0 Å². The van der Waals surface area contributed by atoms with Crippen molar-refractivity contribution in [3.63, 3.8) is 0 Å². The Labute approximate surface area is 96.2 Å². The van der Waals surface area contributed by atoms with Gasteiger partial charge in [-0.15, -0.1) is 0 Å². The minimum Gasteiger partial charge on any atom is -0.330 e. The van der Waals surface area contributed by atoms with Crippen molar-refractivity contribution in [3.8, 4) is 0 Å². The van der Waals surface area contributed by atoms with Crippen LogP contribution in [-0.2, 0) is 0 Å². The summed E-state index contributed by atoms with van der Waals surface area (Å²) in [5, 5.41) is 0. The first-order chi connectivity index (χ1) is 7.72. The molecule has 3 heteroatoms. The van der Waals surface area contributed by atoms with Crippen LogP contribution in [0.25, 0.3) is 0 Å². The molecule has 0 amide bonds. The Morgan fingerprint density at radius 1 is 1.38 bits per heavy atom. The van der Waals surface area contributed by atoms with Crippen LogP contribution in [0.15, 0.2) is 24.3 Å². The molecule has 0 spiro atoms. The van der Waals surface area contributed by atoms with Crippen molar-refractivity contribution in [2.24, 2.45) is 11.7 Å². The molecule has 2 atom stereocenters. The van der Waals surface area contributed by atoms with Gasteiger partial charge in [0.2, 0.25) is 0 Å². The lowest BCUT2D eigenvalue weighted by Crippen LogP contribution is -2.39. The predicted octanol–water partition coefficient (Wildman–Crippen LogP) is 2.17. The largest absolute Gasteiger partial charge is 0.330 e. The van der Waals surface area contributed by atoms with E-state index in [1.54, 1.807) is 0 Å². The number of halogens is 1. The topological polar surface area (TPSA) is 29.3 Å². The number of likely N-dealkylation sites (tertiary alicyclic amines) is 1. The lowest BCUT2D eigenvalue weighted by molar-refractivity contribution is 0.125. The van der Waals surface area contributed by atoms with Crippen LogP contribution in [0.2, 0.25) is 0 Å². The molecule has 1 aromatic rings. The van der Waals surface area contributed by atoms with Gasteiger partial charge in [-0.05, 0) is 56.6 Å². The first-order valence-electron chi connectivity index (χ1n) is 5.88. The molecule has 2 N–H and O–H groups in total. The molecule has 1 fully saturated rings. The molecule has 1 saturated heterocycles. The van der Waals surface area contributed by atoms with E-state index in [9.17, 15) is 4.39 Å².